The van der Waals surface area contributed by atoms with Crippen LogP contribution in [0.4, 0.5) is 0 Å². The van der Waals surface area contributed by atoms with Gasteiger partial charge in [-0.1, -0.05) is 117 Å². The highest BCUT2D eigenvalue weighted by molar-refractivity contribution is 6.18. The predicted octanol–water partition coefficient (Wildman–Crippen LogP) is 12.6. The number of hydrogen-bond donors (Lipinski definition) is 0. The van der Waals surface area contributed by atoms with E-state index in [1.54, 1.807) is 0 Å². The van der Waals surface area contributed by atoms with E-state index in [1.165, 1.54) is 60.9 Å². The number of allylic oxidation sites excluding steroid dienone is 3. The van der Waals surface area contributed by atoms with E-state index in [0.29, 0.717) is 0 Å². The van der Waals surface area contributed by atoms with E-state index in [4.69, 9.17) is 14.4 Å². The first-order valence-corrected chi connectivity index (χ1v) is 19.0. The highest BCUT2D eigenvalue weighted by Crippen LogP contribution is 2.53. The fourth-order valence-electron chi connectivity index (χ4n) is 9.62. The Labute approximate surface area is 309 Å². The van der Waals surface area contributed by atoms with Crippen molar-refractivity contribution < 1.29 is 4.42 Å². The zero-order valence-corrected chi connectivity index (χ0v) is 30.0. The molecule has 0 saturated carbocycles. The molecule has 0 spiro atoms. The average Bonchev–Trinajstić information content (AvgIpc) is 3.83. The van der Waals surface area contributed by atoms with Crippen molar-refractivity contribution >= 4 is 50.4 Å². The molecule has 7 aromatic rings. The molecule has 3 heterocycles. The first-order valence-electron chi connectivity index (χ1n) is 19.0. The Morgan fingerprint density at radius 2 is 1.60 bits per heavy atom. The number of fused-ring (bicyclic) bond motifs is 10. The first-order chi connectivity index (χ1) is 26.0. The second-order valence-electron chi connectivity index (χ2n) is 15.5. The molecule has 53 heavy (non-hydrogen) atoms. The van der Waals surface area contributed by atoms with Crippen molar-refractivity contribution in [1.29, 1.82) is 0 Å². The Morgan fingerprint density at radius 1 is 0.755 bits per heavy atom. The molecule has 256 valence electrons. The maximum absolute atomic E-state index is 6.77. The monoisotopic (exact) mass is 685 g/mol. The van der Waals surface area contributed by atoms with Gasteiger partial charge in [-0.2, -0.15) is 0 Å². The van der Waals surface area contributed by atoms with Gasteiger partial charge in [-0.3, -0.25) is 4.99 Å². The van der Waals surface area contributed by atoms with Crippen LogP contribution in [0, 0.1) is 0 Å². The van der Waals surface area contributed by atoms with Crippen molar-refractivity contribution in [2.75, 3.05) is 0 Å². The molecule has 4 aliphatic rings. The first kappa shape index (κ1) is 30.6. The van der Waals surface area contributed by atoms with Crippen molar-refractivity contribution in [2.24, 2.45) is 9.98 Å². The summed E-state index contributed by atoms with van der Waals surface area (Å²) in [5.41, 5.74) is 14.7. The quantitative estimate of drug-likeness (QED) is 0.182. The Hall–Kier alpha value is -6.00. The van der Waals surface area contributed by atoms with Crippen molar-refractivity contribution in [3.05, 3.63) is 167 Å². The van der Waals surface area contributed by atoms with E-state index in [1.807, 2.05) is 0 Å². The molecule has 0 N–H and O–H groups in total. The molecule has 0 saturated heterocycles. The van der Waals surface area contributed by atoms with Gasteiger partial charge in [0.25, 0.3) is 0 Å². The molecule has 11 rings (SSSR count). The highest BCUT2D eigenvalue weighted by atomic mass is 16.3. The molecule has 0 bridgehead atoms. The van der Waals surface area contributed by atoms with Crippen LogP contribution in [-0.4, -0.2) is 16.1 Å². The number of furan rings is 1. The largest absolute Gasteiger partial charge is 0.456 e. The number of benzene rings is 5. The number of rotatable bonds is 4. The summed E-state index contributed by atoms with van der Waals surface area (Å²) in [7, 11) is 0. The Kier molecular flexibility index (Phi) is 6.64. The smallest absolute Gasteiger partial charge is 0.154 e. The molecule has 0 amide bonds. The minimum Gasteiger partial charge on any atom is -0.456 e. The summed E-state index contributed by atoms with van der Waals surface area (Å²) >= 11 is 0. The molecular weight excluding hydrogens is 647 g/mol. The van der Waals surface area contributed by atoms with Crippen LogP contribution in [0.1, 0.15) is 79.5 Å². The van der Waals surface area contributed by atoms with Crippen molar-refractivity contribution in [3.63, 3.8) is 0 Å². The van der Waals surface area contributed by atoms with Gasteiger partial charge in [0.1, 0.15) is 11.3 Å². The molecule has 2 atom stereocenters. The summed E-state index contributed by atoms with van der Waals surface area (Å²) in [5.74, 6) is 1.91. The Morgan fingerprint density at radius 3 is 2.49 bits per heavy atom. The second kappa shape index (κ2) is 11.5. The normalized spacial score (nSPS) is 19.9. The molecular formula is C49H39N3O. The summed E-state index contributed by atoms with van der Waals surface area (Å²) in [4.78, 5) is 10.6. The van der Waals surface area contributed by atoms with Gasteiger partial charge in [-0.05, 0) is 77.4 Å². The lowest BCUT2D eigenvalue weighted by Crippen LogP contribution is -2.23. The lowest BCUT2D eigenvalue weighted by atomic mass is 9.82. The molecule has 5 aromatic carbocycles. The maximum Gasteiger partial charge on any atom is 0.154 e. The van der Waals surface area contributed by atoms with E-state index >= 15 is 0 Å². The SMILES string of the molecule is CC1(C)c2ccccc2-c2c1ccc1c2c2ccccc2n1-c1ccc2c3c(oc2c1)C=CCC3C1=NC(C2=CCCC=C2)=NC(c2ccccc2)C1. The number of amidine groups is 1. The second-order valence-corrected chi connectivity index (χ2v) is 15.5. The Balaban J connectivity index is 1.05. The van der Waals surface area contributed by atoms with Gasteiger partial charge in [-0.25, -0.2) is 4.99 Å². The third kappa shape index (κ3) is 4.54. The van der Waals surface area contributed by atoms with Crippen molar-refractivity contribution in [2.45, 2.75) is 56.9 Å². The summed E-state index contributed by atoms with van der Waals surface area (Å²) in [6.07, 6.45) is 14.9. The van der Waals surface area contributed by atoms with Crippen molar-refractivity contribution in [1.82, 2.24) is 4.57 Å². The molecule has 4 heteroatoms. The highest BCUT2D eigenvalue weighted by Gasteiger charge is 2.37. The van der Waals surface area contributed by atoms with E-state index in [-0.39, 0.29) is 17.4 Å². The fraction of sp³-hybridized carbons (Fsp3) is 0.184. The predicted molar refractivity (Wildman–Crippen MR) is 220 cm³/mol. The van der Waals surface area contributed by atoms with Gasteiger partial charge >= 0.3 is 0 Å². The van der Waals surface area contributed by atoms with E-state index in [2.05, 4.69) is 158 Å². The van der Waals surface area contributed by atoms with Gasteiger partial charge in [0.15, 0.2) is 5.84 Å². The number of nitrogens with zero attached hydrogens (tertiary/aromatic N) is 3. The minimum absolute atomic E-state index is 0.0309. The lowest BCUT2D eigenvalue weighted by Gasteiger charge is -2.27. The number of aliphatic imine (C=N–C) groups is 2. The van der Waals surface area contributed by atoms with Crippen LogP contribution in [0.3, 0.4) is 0 Å². The third-order valence-electron chi connectivity index (χ3n) is 12.1. The average molecular weight is 686 g/mol. The van der Waals surface area contributed by atoms with Gasteiger partial charge in [0.05, 0.1) is 17.1 Å². The molecule has 2 unspecified atom stereocenters. The standard InChI is InChI=1S/C49H39N3O/c1-49(2)37-21-11-9-18-33(37)46-38(49)26-27-42-47(46)35-19-10-12-22-41(35)52(42)32-24-25-36-44(28-32)53-43-23-13-20-34(45(36)43)40-29-39(30-14-5-3-6-15-30)50-48(51-40)31-16-7-4-8-17-31/h3,5-7,9-19,21-28,34,39H,4,8,20,29H2,1-2H3. The maximum atomic E-state index is 6.77. The number of aromatic nitrogens is 1. The van der Waals surface area contributed by atoms with Gasteiger partial charge in [0.2, 0.25) is 0 Å². The van der Waals surface area contributed by atoms with Crippen LogP contribution in [0.5, 0.6) is 0 Å². The van der Waals surface area contributed by atoms with E-state index in [9.17, 15) is 0 Å². The number of para-hydroxylation sites is 1. The third-order valence-corrected chi connectivity index (χ3v) is 12.1. The molecule has 1 aliphatic heterocycles. The van der Waals surface area contributed by atoms with Crippen LogP contribution < -0.4 is 0 Å². The van der Waals surface area contributed by atoms with Crippen LogP contribution in [0.25, 0.3) is 55.7 Å². The number of hydrogen-bond acceptors (Lipinski definition) is 3. The molecule has 2 aromatic heterocycles. The molecule has 0 radical (unpaired) electrons. The molecule has 4 nitrogen and oxygen atoms in total. The Bertz CT molecular complexity index is 2820. The van der Waals surface area contributed by atoms with Crippen LogP contribution >= 0.6 is 0 Å². The lowest BCUT2D eigenvalue weighted by molar-refractivity contribution is 0.591. The molecule has 0 fully saturated rings. The summed E-state index contributed by atoms with van der Waals surface area (Å²) in [6, 6.07) is 40.0. The zero-order valence-electron chi connectivity index (χ0n) is 30.0. The minimum atomic E-state index is -0.0556. The van der Waals surface area contributed by atoms with Crippen LogP contribution in [0.2, 0.25) is 0 Å². The zero-order chi connectivity index (χ0) is 35.3. The summed E-state index contributed by atoms with van der Waals surface area (Å²) in [6.45, 7) is 4.71. The van der Waals surface area contributed by atoms with Gasteiger partial charge in [0, 0.05) is 62.5 Å². The van der Waals surface area contributed by atoms with Crippen LogP contribution in [-0.2, 0) is 5.41 Å². The fourth-order valence-corrected chi connectivity index (χ4v) is 9.62. The molecule has 3 aliphatic carbocycles. The van der Waals surface area contributed by atoms with Gasteiger partial charge < -0.3 is 8.98 Å². The summed E-state index contributed by atoms with van der Waals surface area (Å²) in [5, 5.41) is 3.76. The topological polar surface area (TPSA) is 42.8 Å². The van der Waals surface area contributed by atoms with Crippen LogP contribution in [0.15, 0.2) is 153 Å². The summed E-state index contributed by atoms with van der Waals surface area (Å²) < 4.78 is 9.20. The van der Waals surface area contributed by atoms with Gasteiger partial charge in [-0.15, -0.1) is 0 Å². The van der Waals surface area contributed by atoms with Crippen molar-refractivity contribution in [3.8, 4) is 16.8 Å². The van der Waals surface area contributed by atoms with E-state index < -0.39 is 0 Å². The van der Waals surface area contributed by atoms with E-state index in [0.717, 1.165) is 59.5 Å².